The van der Waals surface area contributed by atoms with Crippen LogP contribution in [0.15, 0.2) is 0 Å². The SMILES string of the molecule is CCNC(=O)COC1CCCCC1NC. The topological polar surface area (TPSA) is 50.4 Å². The van der Waals surface area contributed by atoms with Crippen LogP contribution in [0.4, 0.5) is 0 Å². The van der Waals surface area contributed by atoms with E-state index < -0.39 is 0 Å². The van der Waals surface area contributed by atoms with Gasteiger partial charge in [-0.05, 0) is 26.8 Å². The minimum atomic E-state index is -0.0158. The molecular formula is C11H22N2O2. The van der Waals surface area contributed by atoms with E-state index in [9.17, 15) is 4.79 Å². The molecule has 0 radical (unpaired) electrons. The van der Waals surface area contributed by atoms with Crippen LogP contribution < -0.4 is 10.6 Å². The molecule has 0 heterocycles. The van der Waals surface area contributed by atoms with Crippen LogP contribution in [0.2, 0.25) is 0 Å². The summed E-state index contributed by atoms with van der Waals surface area (Å²) >= 11 is 0. The highest BCUT2D eigenvalue weighted by Gasteiger charge is 2.24. The quantitative estimate of drug-likeness (QED) is 0.707. The summed E-state index contributed by atoms with van der Waals surface area (Å²) < 4.78 is 5.63. The lowest BCUT2D eigenvalue weighted by atomic mass is 9.92. The summed E-state index contributed by atoms with van der Waals surface area (Å²) in [5.74, 6) is -0.0158. The van der Waals surface area contributed by atoms with Crippen molar-refractivity contribution < 1.29 is 9.53 Å². The molecule has 2 unspecified atom stereocenters. The highest BCUT2D eigenvalue weighted by molar-refractivity contribution is 5.77. The second-order valence-electron chi connectivity index (χ2n) is 3.98. The number of carbonyl (C=O) groups is 1. The molecule has 1 aliphatic carbocycles. The van der Waals surface area contributed by atoms with Gasteiger partial charge in [0.05, 0.1) is 6.10 Å². The van der Waals surface area contributed by atoms with Crippen LogP contribution in [0.5, 0.6) is 0 Å². The van der Waals surface area contributed by atoms with Gasteiger partial charge in [0.25, 0.3) is 0 Å². The molecule has 1 amide bonds. The minimum Gasteiger partial charge on any atom is -0.367 e. The lowest BCUT2D eigenvalue weighted by Crippen LogP contribution is -2.43. The molecule has 1 aliphatic rings. The Morgan fingerprint density at radius 2 is 2.13 bits per heavy atom. The van der Waals surface area contributed by atoms with Crippen molar-refractivity contribution in [1.82, 2.24) is 10.6 Å². The van der Waals surface area contributed by atoms with Gasteiger partial charge in [-0.15, -0.1) is 0 Å². The van der Waals surface area contributed by atoms with Gasteiger partial charge in [0.1, 0.15) is 6.61 Å². The van der Waals surface area contributed by atoms with Crippen LogP contribution in [-0.2, 0) is 9.53 Å². The average Bonchev–Trinajstić information content (AvgIpc) is 2.27. The Bertz CT molecular complexity index is 197. The lowest BCUT2D eigenvalue weighted by Gasteiger charge is -2.30. The Hall–Kier alpha value is -0.610. The van der Waals surface area contributed by atoms with Crippen LogP contribution in [0.25, 0.3) is 0 Å². The molecule has 1 fully saturated rings. The molecule has 0 aromatic carbocycles. The van der Waals surface area contributed by atoms with E-state index in [1.807, 2.05) is 14.0 Å². The standard InChI is InChI=1S/C11H22N2O2/c1-3-13-11(14)8-15-10-7-5-4-6-9(10)12-2/h9-10,12H,3-8H2,1-2H3,(H,13,14). The molecule has 0 aromatic heterocycles. The molecule has 1 saturated carbocycles. The smallest absolute Gasteiger partial charge is 0.246 e. The van der Waals surface area contributed by atoms with Crippen molar-refractivity contribution in [1.29, 1.82) is 0 Å². The Balaban J connectivity index is 2.26. The van der Waals surface area contributed by atoms with Crippen LogP contribution in [-0.4, -0.2) is 38.3 Å². The van der Waals surface area contributed by atoms with Crippen molar-refractivity contribution in [2.75, 3.05) is 20.2 Å². The summed E-state index contributed by atoms with van der Waals surface area (Å²) in [5.41, 5.74) is 0. The molecule has 1 rings (SSSR count). The third-order valence-corrected chi connectivity index (χ3v) is 2.88. The Morgan fingerprint density at radius 1 is 1.40 bits per heavy atom. The predicted molar refractivity (Wildman–Crippen MR) is 59.7 cm³/mol. The number of carbonyl (C=O) groups excluding carboxylic acids is 1. The van der Waals surface area contributed by atoms with Crippen molar-refractivity contribution in [3.8, 4) is 0 Å². The lowest BCUT2D eigenvalue weighted by molar-refractivity contribution is -0.128. The summed E-state index contributed by atoms with van der Waals surface area (Å²) in [6.45, 7) is 2.77. The second-order valence-corrected chi connectivity index (χ2v) is 3.98. The van der Waals surface area contributed by atoms with Gasteiger partial charge in [-0.3, -0.25) is 4.79 Å². The highest BCUT2D eigenvalue weighted by atomic mass is 16.5. The van der Waals surface area contributed by atoms with E-state index in [4.69, 9.17) is 4.74 Å². The van der Waals surface area contributed by atoms with E-state index in [2.05, 4.69) is 10.6 Å². The number of amides is 1. The molecule has 0 bridgehead atoms. The fraction of sp³-hybridized carbons (Fsp3) is 0.909. The van der Waals surface area contributed by atoms with Gasteiger partial charge < -0.3 is 15.4 Å². The molecule has 0 aliphatic heterocycles. The fourth-order valence-electron chi connectivity index (χ4n) is 2.06. The second kappa shape index (κ2) is 6.80. The summed E-state index contributed by atoms with van der Waals surface area (Å²) in [5, 5.41) is 5.99. The molecule has 2 atom stereocenters. The van der Waals surface area contributed by atoms with Gasteiger partial charge in [0.15, 0.2) is 0 Å². The molecular weight excluding hydrogens is 192 g/mol. The zero-order valence-electron chi connectivity index (χ0n) is 9.71. The van der Waals surface area contributed by atoms with E-state index in [0.29, 0.717) is 12.6 Å². The molecule has 0 saturated heterocycles. The third kappa shape index (κ3) is 4.18. The van der Waals surface area contributed by atoms with Crippen molar-refractivity contribution in [2.24, 2.45) is 0 Å². The van der Waals surface area contributed by atoms with E-state index >= 15 is 0 Å². The fourth-order valence-corrected chi connectivity index (χ4v) is 2.06. The zero-order valence-corrected chi connectivity index (χ0v) is 9.71. The van der Waals surface area contributed by atoms with Crippen LogP contribution in [0.3, 0.4) is 0 Å². The highest BCUT2D eigenvalue weighted by Crippen LogP contribution is 2.20. The number of hydrogen-bond donors (Lipinski definition) is 2. The average molecular weight is 214 g/mol. The Labute approximate surface area is 91.8 Å². The molecule has 4 heteroatoms. The van der Waals surface area contributed by atoms with Crippen LogP contribution >= 0.6 is 0 Å². The maximum absolute atomic E-state index is 11.2. The number of ether oxygens (including phenoxy) is 1. The van der Waals surface area contributed by atoms with E-state index in [0.717, 1.165) is 12.8 Å². The van der Waals surface area contributed by atoms with Crippen molar-refractivity contribution in [3.63, 3.8) is 0 Å². The third-order valence-electron chi connectivity index (χ3n) is 2.88. The maximum Gasteiger partial charge on any atom is 0.246 e. The molecule has 2 N–H and O–H groups in total. The monoisotopic (exact) mass is 214 g/mol. The first-order valence-corrected chi connectivity index (χ1v) is 5.83. The van der Waals surface area contributed by atoms with E-state index in [-0.39, 0.29) is 18.6 Å². The molecule has 0 spiro atoms. The van der Waals surface area contributed by atoms with Gasteiger partial charge in [-0.1, -0.05) is 12.8 Å². The summed E-state index contributed by atoms with van der Waals surface area (Å²) in [7, 11) is 1.96. The van der Waals surface area contributed by atoms with Gasteiger partial charge in [0, 0.05) is 12.6 Å². The minimum absolute atomic E-state index is 0.0158. The summed E-state index contributed by atoms with van der Waals surface area (Å²) in [4.78, 5) is 11.2. The van der Waals surface area contributed by atoms with Crippen molar-refractivity contribution >= 4 is 5.91 Å². The molecule has 4 nitrogen and oxygen atoms in total. The normalized spacial score (nSPS) is 26.3. The van der Waals surface area contributed by atoms with Crippen LogP contribution in [0.1, 0.15) is 32.6 Å². The zero-order chi connectivity index (χ0) is 11.1. The van der Waals surface area contributed by atoms with Gasteiger partial charge >= 0.3 is 0 Å². The largest absolute Gasteiger partial charge is 0.367 e. The van der Waals surface area contributed by atoms with Crippen molar-refractivity contribution in [2.45, 2.75) is 44.8 Å². The number of hydrogen-bond acceptors (Lipinski definition) is 3. The number of likely N-dealkylation sites (N-methyl/N-ethyl adjacent to an activating group) is 2. The molecule has 15 heavy (non-hydrogen) atoms. The first-order valence-electron chi connectivity index (χ1n) is 5.83. The van der Waals surface area contributed by atoms with E-state index in [1.165, 1.54) is 12.8 Å². The Morgan fingerprint density at radius 3 is 2.80 bits per heavy atom. The van der Waals surface area contributed by atoms with Gasteiger partial charge in [-0.25, -0.2) is 0 Å². The maximum atomic E-state index is 11.2. The molecule has 0 aromatic rings. The predicted octanol–water partition coefficient (Wildman–Crippen LogP) is 0.670. The Kier molecular flexibility index (Phi) is 5.65. The van der Waals surface area contributed by atoms with Crippen molar-refractivity contribution in [3.05, 3.63) is 0 Å². The number of rotatable bonds is 5. The van der Waals surface area contributed by atoms with Gasteiger partial charge in [-0.2, -0.15) is 0 Å². The number of nitrogens with one attached hydrogen (secondary N) is 2. The first kappa shape index (κ1) is 12.5. The first-order chi connectivity index (χ1) is 7.27. The van der Waals surface area contributed by atoms with E-state index in [1.54, 1.807) is 0 Å². The molecule has 88 valence electrons. The summed E-state index contributed by atoms with van der Waals surface area (Å²) in [6.07, 6.45) is 4.87. The summed E-state index contributed by atoms with van der Waals surface area (Å²) in [6, 6.07) is 0.410. The van der Waals surface area contributed by atoms with Gasteiger partial charge in [0.2, 0.25) is 5.91 Å². The van der Waals surface area contributed by atoms with Crippen LogP contribution in [0, 0.1) is 0 Å².